The molecule has 1 rings (SSSR count). The molecule has 0 aliphatic heterocycles. The lowest BCUT2D eigenvalue weighted by atomic mass is 9.93. The summed E-state index contributed by atoms with van der Waals surface area (Å²) in [7, 11) is 0. The van der Waals surface area contributed by atoms with Crippen molar-refractivity contribution in [2.45, 2.75) is 32.2 Å². The monoisotopic (exact) mass is 314 g/mol. The Kier molecular flexibility index (Phi) is 5.16. The van der Waals surface area contributed by atoms with Crippen LogP contribution in [-0.4, -0.2) is 23.2 Å². The predicted octanol–water partition coefficient (Wildman–Crippen LogP) is 2.31. The highest BCUT2D eigenvalue weighted by atomic mass is 79.9. The summed E-state index contributed by atoms with van der Waals surface area (Å²) in [5.41, 5.74) is 6.06. The van der Waals surface area contributed by atoms with Crippen LogP contribution in [0.4, 0.5) is 5.69 Å². The van der Waals surface area contributed by atoms with E-state index in [1.807, 2.05) is 13.8 Å². The maximum atomic E-state index is 12.2. The lowest BCUT2D eigenvalue weighted by molar-refractivity contribution is 0.0818. The highest BCUT2D eigenvalue weighted by Crippen LogP contribution is 2.21. The molecule has 0 fully saturated rings. The van der Waals surface area contributed by atoms with E-state index < -0.39 is 5.54 Å². The average molecular weight is 315 g/mol. The standard InChI is InChI=1S/C13H19BrN2O2/c1-3-13(4-2,8-17)16-12(18)10-7-9(14)5-6-11(10)15/h5-7,17H,3-4,8,15H2,1-2H3,(H,16,18). The van der Waals surface area contributed by atoms with Crippen LogP contribution >= 0.6 is 15.9 Å². The number of nitrogen functional groups attached to an aromatic ring is 1. The van der Waals surface area contributed by atoms with Gasteiger partial charge < -0.3 is 16.2 Å². The molecule has 1 aromatic rings. The van der Waals surface area contributed by atoms with Gasteiger partial charge in [-0.15, -0.1) is 0 Å². The zero-order valence-corrected chi connectivity index (χ0v) is 12.3. The molecule has 0 unspecified atom stereocenters. The molecule has 0 aromatic heterocycles. The number of hydrogen-bond acceptors (Lipinski definition) is 3. The van der Waals surface area contributed by atoms with Crippen molar-refractivity contribution in [1.82, 2.24) is 5.32 Å². The van der Waals surface area contributed by atoms with Gasteiger partial charge in [0, 0.05) is 10.2 Å². The summed E-state index contributed by atoms with van der Waals surface area (Å²) in [6.07, 6.45) is 1.33. The summed E-state index contributed by atoms with van der Waals surface area (Å²) in [6.45, 7) is 3.79. The van der Waals surface area contributed by atoms with Gasteiger partial charge in [0.2, 0.25) is 0 Å². The first-order valence-corrected chi connectivity index (χ1v) is 6.75. The molecule has 0 saturated carbocycles. The average Bonchev–Trinajstić information content (AvgIpc) is 2.38. The highest BCUT2D eigenvalue weighted by molar-refractivity contribution is 9.10. The van der Waals surface area contributed by atoms with E-state index in [1.165, 1.54) is 0 Å². The van der Waals surface area contributed by atoms with Crippen molar-refractivity contribution >= 4 is 27.5 Å². The van der Waals surface area contributed by atoms with E-state index in [4.69, 9.17) is 5.73 Å². The van der Waals surface area contributed by atoms with E-state index in [0.717, 1.165) is 4.47 Å². The van der Waals surface area contributed by atoms with Gasteiger partial charge in [0.05, 0.1) is 17.7 Å². The molecule has 0 saturated heterocycles. The zero-order valence-electron chi connectivity index (χ0n) is 10.7. The molecule has 0 aliphatic rings. The molecule has 100 valence electrons. The minimum atomic E-state index is -0.578. The minimum absolute atomic E-state index is 0.0837. The van der Waals surface area contributed by atoms with Crippen LogP contribution in [-0.2, 0) is 0 Å². The smallest absolute Gasteiger partial charge is 0.253 e. The fourth-order valence-corrected chi connectivity index (χ4v) is 2.08. The summed E-state index contributed by atoms with van der Waals surface area (Å²) in [4.78, 5) is 12.2. The lowest BCUT2D eigenvalue weighted by Gasteiger charge is -2.31. The van der Waals surface area contributed by atoms with Crippen LogP contribution in [0.5, 0.6) is 0 Å². The van der Waals surface area contributed by atoms with E-state index in [9.17, 15) is 9.90 Å². The normalized spacial score (nSPS) is 11.3. The molecule has 0 bridgehead atoms. The van der Waals surface area contributed by atoms with Crippen molar-refractivity contribution < 1.29 is 9.90 Å². The number of nitrogens with two attached hydrogens (primary N) is 1. The minimum Gasteiger partial charge on any atom is -0.398 e. The Morgan fingerprint density at radius 3 is 2.56 bits per heavy atom. The molecule has 1 amide bonds. The first-order chi connectivity index (χ1) is 8.48. The summed E-state index contributed by atoms with van der Waals surface area (Å²) in [5, 5.41) is 12.3. The van der Waals surface area contributed by atoms with Crippen molar-refractivity contribution in [3.63, 3.8) is 0 Å². The quantitative estimate of drug-likeness (QED) is 0.730. The number of amides is 1. The summed E-state index contributed by atoms with van der Waals surface area (Å²) >= 11 is 3.31. The van der Waals surface area contributed by atoms with Gasteiger partial charge in [-0.25, -0.2) is 0 Å². The summed E-state index contributed by atoms with van der Waals surface area (Å²) < 4.78 is 0.796. The van der Waals surface area contributed by atoms with Crippen LogP contribution in [0.1, 0.15) is 37.0 Å². The molecule has 0 heterocycles. The van der Waals surface area contributed by atoms with Crippen molar-refractivity contribution in [2.24, 2.45) is 0 Å². The Bertz CT molecular complexity index is 423. The number of nitrogens with one attached hydrogen (secondary N) is 1. The van der Waals surface area contributed by atoms with Crippen LogP contribution in [0, 0.1) is 0 Å². The van der Waals surface area contributed by atoms with Crippen molar-refractivity contribution in [3.8, 4) is 0 Å². The molecule has 0 atom stereocenters. The Balaban J connectivity index is 2.97. The number of aliphatic hydroxyl groups excluding tert-OH is 1. The van der Waals surface area contributed by atoms with E-state index in [0.29, 0.717) is 24.1 Å². The van der Waals surface area contributed by atoms with Crippen molar-refractivity contribution in [3.05, 3.63) is 28.2 Å². The lowest BCUT2D eigenvalue weighted by Crippen LogP contribution is -2.50. The molecule has 0 radical (unpaired) electrons. The fraction of sp³-hybridized carbons (Fsp3) is 0.462. The first kappa shape index (κ1) is 15.0. The predicted molar refractivity (Wildman–Crippen MR) is 76.4 cm³/mol. The van der Waals surface area contributed by atoms with Crippen molar-refractivity contribution in [1.29, 1.82) is 0 Å². The molecule has 4 N–H and O–H groups in total. The Hall–Kier alpha value is -1.07. The largest absolute Gasteiger partial charge is 0.398 e. The number of hydrogen-bond donors (Lipinski definition) is 3. The molecule has 1 aromatic carbocycles. The Labute approximate surface area is 116 Å². The van der Waals surface area contributed by atoms with E-state index in [2.05, 4.69) is 21.2 Å². The van der Waals surface area contributed by atoms with Gasteiger partial charge in [-0.2, -0.15) is 0 Å². The third kappa shape index (κ3) is 3.23. The molecule has 0 aliphatic carbocycles. The van der Waals surface area contributed by atoms with Crippen LogP contribution in [0.15, 0.2) is 22.7 Å². The van der Waals surface area contributed by atoms with Gasteiger partial charge in [0.1, 0.15) is 0 Å². The Morgan fingerprint density at radius 1 is 1.44 bits per heavy atom. The zero-order chi connectivity index (χ0) is 13.8. The number of rotatable bonds is 5. The van der Waals surface area contributed by atoms with Gasteiger partial charge >= 0.3 is 0 Å². The number of halogens is 1. The number of benzene rings is 1. The van der Waals surface area contributed by atoms with Crippen LogP contribution in [0.25, 0.3) is 0 Å². The third-order valence-electron chi connectivity index (χ3n) is 3.29. The number of carbonyl (C=O) groups is 1. The SMILES string of the molecule is CCC(CC)(CO)NC(=O)c1cc(Br)ccc1N. The maximum Gasteiger partial charge on any atom is 0.253 e. The van der Waals surface area contributed by atoms with Gasteiger partial charge in [-0.05, 0) is 31.0 Å². The molecule has 0 spiro atoms. The van der Waals surface area contributed by atoms with Gasteiger partial charge in [0.15, 0.2) is 0 Å². The topological polar surface area (TPSA) is 75.3 Å². The number of aliphatic hydroxyl groups is 1. The summed E-state index contributed by atoms with van der Waals surface area (Å²) in [6, 6.07) is 5.14. The van der Waals surface area contributed by atoms with Gasteiger partial charge in [-0.3, -0.25) is 4.79 Å². The second-order valence-corrected chi connectivity index (χ2v) is 5.25. The second kappa shape index (κ2) is 6.20. The third-order valence-corrected chi connectivity index (χ3v) is 3.79. The Morgan fingerprint density at radius 2 is 2.06 bits per heavy atom. The van der Waals surface area contributed by atoms with Crippen LogP contribution < -0.4 is 11.1 Å². The number of carbonyl (C=O) groups excluding carboxylic acids is 1. The van der Waals surface area contributed by atoms with Gasteiger partial charge in [-0.1, -0.05) is 29.8 Å². The number of anilines is 1. The summed E-state index contributed by atoms with van der Waals surface area (Å²) in [5.74, 6) is -0.258. The molecular weight excluding hydrogens is 296 g/mol. The van der Waals surface area contributed by atoms with Crippen LogP contribution in [0.2, 0.25) is 0 Å². The van der Waals surface area contributed by atoms with Crippen molar-refractivity contribution in [2.75, 3.05) is 12.3 Å². The molecule has 18 heavy (non-hydrogen) atoms. The van der Waals surface area contributed by atoms with E-state index in [-0.39, 0.29) is 12.5 Å². The van der Waals surface area contributed by atoms with Crippen LogP contribution in [0.3, 0.4) is 0 Å². The highest BCUT2D eigenvalue weighted by Gasteiger charge is 2.28. The van der Waals surface area contributed by atoms with Gasteiger partial charge in [0.25, 0.3) is 5.91 Å². The molecular formula is C13H19BrN2O2. The maximum absolute atomic E-state index is 12.2. The molecule has 4 nitrogen and oxygen atoms in total. The molecule has 5 heteroatoms. The second-order valence-electron chi connectivity index (χ2n) is 4.33. The fourth-order valence-electron chi connectivity index (χ4n) is 1.72. The van der Waals surface area contributed by atoms with E-state index >= 15 is 0 Å². The first-order valence-electron chi connectivity index (χ1n) is 5.96. The van der Waals surface area contributed by atoms with E-state index in [1.54, 1.807) is 18.2 Å².